The Labute approximate surface area is 121 Å². The van der Waals surface area contributed by atoms with Crippen molar-refractivity contribution < 1.29 is 13.9 Å². The number of rotatable bonds is 3. The lowest BCUT2D eigenvalue weighted by molar-refractivity contribution is 0.0525. The summed E-state index contributed by atoms with van der Waals surface area (Å²) in [5.41, 5.74) is 2.15. The first-order valence-corrected chi connectivity index (χ1v) is 6.51. The van der Waals surface area contributed by atoms with Gasteiger partial charge in [0.25, 0.3) is 0 Å². The minimum absolute atomic E-state index is 0.279. The van der Waals surface area contributed by atoms with Gasteiger partial charge in [-0.3, -0.25) is 4.98 Å². The fourth-order valence-corrected chi connectivity index (χ4v) is 2.10. The zero-order chi connectivity index (χ0) is 14.7. The Morgan fingerprint density at radius 3 is 2.70 bits per heavy atom. The second-order valence-corrected chi connectivity index (χ2v) is 4.58. The minimum atomic E-state index is -0.408. The van der Waals surface area contributed by atoms with Gasteiger partial charge in [0.15, 0.2) is 0 Å². The van der Waals surface area contributed by atoms with Gasteiger partial charge in [-0.15, -0.1) is 0 Å². The number of aryl methyl sites for hydroxylation is 1. The van der Waals surface area contributed by atoms with E-state index in [1.165, 1.54) is 12.1 Å². The molecule has 0 N–H and O–H groups in total. The first kappa shape index (κ1) is 14.5. The Morgan fingerprint density at radius 1 is 1.35 bits per heavy atom. The molecule has 0 amide bonds. The van der Waals surface area contributed by atoms with Gasteiger partial charge in [-0.1, -0.05) is 11.6 Å². The molecule has 0 unspecified atom stereocenters. The van der Waals surface area contributed by atoms with Crippen molar-refractivity contribution in [2.45, 2.75) is 13.8 Å². The smallest absolute Gasteiger partial charge is 0.339 e. The molecule has 0 saturated heterocycles. The summed E-state index contributed by atoms with van der Waals surface area (Å²) in [6.45, 7) is 3.77. The van der Waals surface area contributed by atoms with Crippen molar-refractivity contribution >= 4 is 17.6 Å². The number of halogens is 2. The average molecular weight is 294 g/mol. The summed E-state index contributed by atoms with van der Waals surface area (Å²) in [5, 5.41) is 0.279. The number of esters is 1. The Bertz CT molecular complexity index is 658. The third-order valence-corrected chi connectivity index (χ3v) is 3.10. The summed E-state index contributed by atoms with van der Waals surface area (Å²) < 4.78 is 18.0. The van der Waals surface area contributed by atoms with Gasteiger partial charge in [0.2, 0.25) is 0 Å². The third-order valence-electron chi connectivity index (χ3n) is 2.79. The second-order valence-electron chi connectivity index (χ2n) is 4.17. The third kappa shape index (κ3) is 2.96. The largest absolute Gasteiger partial charge is 0.462 e. The van der Waals surface area contributed by atoms with Crippen LogP contribution in [0.1, 0.15) is 23.0 Å². The van der Waals surface area contributed by atoms with Crippen molar-refractivity contribution in [2.24, 2.45) is 0 Å². The molecule has 0 saturated carbocycles. The summed E-state index contributed by atoms with van der Waals surface area (Å²) in [6, 6.07) is 7.40. The average Bonchev–Trinajstić information content (AvgIpc) is 2.38. The highest BCUT2D eigenvalue weighted by atomic mass is 35.5. The molecule has 1 aromatic heterocycles. The fraction of sp³-hybridized carbons (Fsp3) is 0.200. The van der Waals surface area contributed by atoms with Gasteiger partial charge in [-0.2, -0.15) is 0 Å². The molecule has 0 spiro atoms. The highest BCUT2D eigenvalue weighted by Crippen LogP contribution is 2.27. The zero-order valence-corrected chi connectivity index (χ0v) is 11.9. The van der Waals surface area contributed by atoms with Gasteiger partial charge in [0.1, 0.15) is 5.82 Å². The van der Waals surface area contributed by atoms with E-state index in [0.717, 1.165) is 0 Å². The van der Waals surface area contributed by atoms with Crippen LogP contribution >= 0.6 is 11.6 Å². The second kappa shape index (κ2) is 6.01. The molecule has 2 aromatic rings. The van der Waals surface area contributed by atoms with Crippen molar-refractivity contribution in [3.63, 3.8) is 0 Å². The molecule has 0 atom stereocenters. The maximum Gasteiger partial charge on any atom is 0.339 e. The molecule has 0 fully saturated rings. The van der Waals surface area contributed by atoms with Crippen LogP contribution in [-0.2, 0) is 4.74 Å². The number of pyridine rings is 1. The van der Waals surface area contributed by atoms with E-state index < -0.39 is 11.8 Å². The van der Waals surface area contributed by atoms with Crippen LogP contribution in [0.15, 0.2) is 30.3 Å². The van der Waals surface area contributed by atoms with E-state index >= 15 is 0 Å². The van der Waals surface area contributed by atoms with Gasteiger partial charge in [0.05, 0.1) is 28.6 Å². The van der Waals surface area contributed by atoms with Gasteiger partial charge >= 0.3 is 5.97 Å². The van der Waals surface area contributed by atoms with Crippen LogP contribution < -0.4 is 0 Å². The molecular formula is C15H13ClFNO2. The van der Waals surface area contributed by atoms with E-state index in [-0.39, 0.29) is 5.02 Å². The fourth-order valence-electron chi connectivity index (χ4n) is 1.83. The lowest BCUT2D eigenvalue weighted by Gasteiger charge is -2.08. The van der Waals surface area contributed by atoms with Crippen LogP contribution in [0.2, 0.25) is 5.02 Å². The monoisotopic (exact) mass is 293 g/mol. The normalized spacial score (nSPS) is 10.4. The van der Waals surface area contributed by atoms with E-state index in [0.29, 0.717) is 29.1 Å². The Morgan fingerprint density at radius 2 is 2.10 bits per heavy atom. The maximum absolute atomic E-state index is 13.0. The number of hydrogen-bond acceptors (Lipinski definition) is 3. The van der Waals surface area contributed by atoms with Crippen LogP contribution in [0.4, 0.5) is 4.39 Å². The molecule has 0 aliphatic rings. The summed E-state index contributed by atoms with van der Waals surface area (Å²) >= 11 is 6.00. The predicted octanol–water partition coefficient (Wildman–Crippen LogP) is 4.03. The number of carbonyl (C=O) groups excluding carboxylic acids is 1. The summed E-state index contributed by atoms with van der Waals surface area (Å²) in [5.74, 6) is -0.812. The minimum Gasteiger partial charge on any atom is -0.462 e. The molecule has 104 valence electrons. The van der Waals surface area contributed by atoms with Crippen molar-refractivity contribution in [3.8, 4) is 11.3 Å². The molecule has 3 nitrogen and oxygen atoms in total. The molecular weight excluding hydrogens is 281 g/mol. The first-order chi connectivity index (χ1) is 9.52. The van der Waals surface area contributed by atoms with Crippen molar-refractivity contribution in [3.05, 3.63) is 52.4 Å². The number of nitrogens with zero attached hydrogens (tertiary/aromatic N) is 1. The van der Waals surface area contributed by atoms with Gasteiger partial charge in [0, 0.05) is 5.56 Å². The van der Waals surface area contributed by atoms with E-state index in [4.69, 9.17) is 16.3 Å². The Balaban J connectivity index is 2.40. The first-order valence-electron chi connectivity index (χ1n) is 6.13. The number of ether oxygens (including phenoxy) is 1. The summed E-state index contributed by atoms with van der Waals surface area (Å²) in [6.07, 6.45) is 0. The lowest BCUT2D eigenvalue weighted by Crippen LogP contribution is -2.08. The van der Waals surface area contributed by atoms with Gasteiger partial charge in [-0.05, 0) is 44.2 Å². The number of aromatic nitrogens is 1. The molecule has 1 heterocycles. The Hall–Kier alpha value is -1.94. The molecule has 0 bridgehead atoms. The molecule has 20 heavy (non-hydrogen) atoms. The number of benzene rings is 1. The topological polar surface area (TPSA) is 39.2 Å². The quantitative estimate of drug-likeness (QED) is 0.802. The van der Waals surface area contributed by atoms with Crippen LogP contribution in [0.3, 0.4) is 0 Å². The van der Waals surface area contributed by atoms with Crippen molar-refractivity contribution in [1.82, 2.24) is 4.98 Å². The Kier molecular flexibility index (Phi) is 4.35. The summed E-state index contributed by atoms with van der Waals surface area (Å²) in [7, 11) is 0. The van der Waals surface area contributed by atoms with E-state index in [2.05, 4.69) is 4.98 Å². The number of hydrogen-bond donors (Lipinski definition) is 0. The molecule has 5 heteroatoms. The molecule has 0 aliphatic carbocycles. The van der Waals surface area contributed by atoms with E-state index in [9.17, 15) is 9.18 Å². The molecule has 2 rings (SSSR count). The molecule has 1 aromatic carbocycles. The van der Waals surface area contributed by atoms with Crippen LogP contribution in [0.25, 0.3) is 11.3 Å². The molecule has 0 radical (unpaired) electrons. The van der Waals surface area contributed by atoms with Crippen LogP contribution in [0.5, 0.6) is 0 Å². The standard InChI is InChI=1S/C15H13ClFNO2/c1-3-20-15(19)11-6-7-14(18-9(11)2)12-5-4-10(17)8-13(12)16/h4-8H,3H2,1-2H3. The van der Waals surface area contributed by atoms with Crippen molar-refractivity contribution in [1.29, 1.82) is 0 Å². The number of carbonyl (C=O) groups is 1. The maximum atomic E-state index is 13.0. The predicted molar refractivity (Wildman–Crippen MR) is 75.3 cm³/mol. The molecule has 0 aliphatic heterocycles. The zero-order valence-electron chi connectivity index (χ0n) is 11.1. The van der Waals surface area contributed by atoms with Gasteiger partial charge in [-0.25, -0.2) is 9.18 Å². The highest BCUT2D eigenvalue weighted by molar-refractivity contribution is 6.33. The van der Waals surface area contributed by atoms with Crippen LogP contribution in [-0.4, -0.2) is 17.6 Å². The van der Waals surface area contributed by atoms with E-state index in [1.807, 2.05) is 0 Å². The lowest BCUT2D eigenvalue weighted by atomic mass is 10.1. The SMILES string of the molecule is CCOC(=O)c1ccc(-c2ccc(F)cc2Cl)nc1C. The van der Waals surface area contributed by atoms with Gasteiger partial charge < -0.3 is 4.74 Å². The highest BCUT2D eigenvalue weighted by Gasteiger charge is 2.13. The van der Waals surface area contributed by atoms with Crippen LogP contribution in [0, 0.1) is 12.7 Å². The van der Waals surface area contributed by atoms with Crippen molar-refractivity contribution in [2.75, 3.05) is 6.61 Å². The van der Waals surface area contributed by atoms with E-state index in [1.54, 1.807) is 32.0 Å². The summed E-state index contributed by atoms with van der Waals surface area (Å²) in [4.78, 5) is 16.0.